The summed E-state index contributed by atoms with van der Waals surface area (Å²) in [6.45, 7) is 0. The van der Waals surface area contributed by atoms with Crippen LogP contribution in [0.1, 0.15) is 20.7 Å². The Bertz CT molecular complexity index is 735. The Hall–Kier alpha value is -3.02. The van der Waals surface area contributed by atoms with E-state index in [0.29, 0.717) is 22.6 Å². The van der Waals surface area contributed by atoms with Gasteiger partial charge in [-0.05, 0) is 29.3 Å². The van der Waals surface area contributed by atoms with Gasteiger partial charge in [0.2, 0.25) is 0 Å². The highest BCUT2D eigenvalue weighted by atomic mass is 16.5. The zero-order chi connectivity index (χ0) is 16.3. The van der Waals surface area contributed by atoms with Crippen molar-refractivity contribution in [2.24, 2.45) is 0 Å². The third kappa shape index (κ3) is 2.71. The molecule has 0 unspecified atom stereocenters. The Morgan fingerprint density at radius 3 is 2.14 bits per heavy atom. The highest BCUT2D eigenvalue weighted by molar-refractivity contribution is 6.06. The van der Waals surface area contributed by atoms with Crippen molar-refractivity contribution in [3.63, 3.8) is 0 Å². The summed E-state index contributed by atoms with van der Waals surface area (Å²) in [5.74, 6) is -1.67. The summed E-state index contributed by atoms with van der Waals surface area (Å²) >= 11 is 0. The summed E-state index contributed by atoms with van der Waals surface area (Å²) < 4.78 is 10.3. The van der Waals surface area contributed by atoms with E-state index in [-0.39, 0.29) is 11.1 Å². The summed E-state index contributed by atoms with van der Waals surface area (Å²) in [4.78, 5) is 22.7. The molecule has 0 aliphatic carbocycles. The Balaban J connectivity index is 2.70. The van der Waals surface area contributed by atoms with E-state index in [9.17, 15) is 14.7 Å². The molecule has 6 heteroatoms. The van der Waals surface area contributed by atoms with Gasteiger partial charge in [-0.2, -0.15) is 0 Å². The Morgan fingerprint density at radius 2 is 1.59 bits per heavy atom. The highest BCUT2D eigenvalue weighted by Crippen LogP contribution is 2.34. The third-order valence-corrected chi connectivity index (χ3v) is 3.20. The van der Waals surface area contributed by atoms with Crippen LogP contribution in [0.5, 0.6) is 11.5 Å². The minimum atomic E-state index is -1.30. The fraction of sp³-hybridized carbons (Fsp3) is 0.125. The fourth-order valence-electron chi connectivity index (χ4n) is 2.21. The molecule has 0 aromatic heterocycles. The predicted octanol–water partition coefficient (Wildman–Crippen LogP) is 2.77. The van der Waals surface area contributed by atoms with Gasteiger partial charge in [-0.15, -0.1) is 0 Å². The van der Waals surface area contributed by atoms with Crippen LogP contribution in [0.3, 0.4) is 0 Å². The molecule has 2 rings (SSSR count). The van der Waals surface area contributed by atoms with Crippen LogP contribution in [0.25, 0.3) is 11.1 Å². The van der Waals surface area contributed by atoms with Crippen molar-refractivity contribution in [3.8, 4) is 22.6 Å². The lowest BCUT2D eigenvalue weighted by atomic mass is 9.95. The molecule has 2 aromatic rings. The Kier molecular flexibility index (Phi) is 4.31. The van der Waals surface area contributed by atoms with Crippen LogP contribution in [0, 0.1) is 0 Å². The molecular weight excluding hydrogens is 288 g/mol. The highest BCUT2D eigenvalue weighted by Gasteiger charge is 2.21. The van der Waals surface area contributed by atoms with Gasteiger partial charge in [0.1, 0.15) is 0 Å². The number of rotatable bonds is 5. The van der Waals surface area contributed by atoms with Crippen molar-refractivity contribution in [1.29, 1.82) is 0 Å². The van der Waals surface area contributed by atoms with E-state index < -0.39 is 11.9 Å². The van der Waals surface area contributed by atoms with Gasteiger partial charge in [0.05, 0.1) is 25.3 Å². The summed E-state index contributed by atoms with van der Waals surface area (Å²) in [7, 11) is 2.96. The number of ether oxygens (including phenoxy) is 2. The summed E-state index contributed by atoms with van der Waals surface area (Å²) in [6, 6.07) is 9.20. The number of carboxylic acids is 2. The average molecular weight is 302 g/mol. The molecule has 2 aromatic carbocycles. The molecule has 0 amide bonds. The van der Waals surface area contributed by atoms with Gasteiger partial charge in [-0.3, -0.25) is 0 Å². The van der Waals surface area contributed by atoms with E-state index in [1.165, 1.54) is 26.4 Å². The second-order valence-corrected chi connectivity index (χ2v) is 4.41. The quantitative estimate of drug-likeness (QED) is 0.882. The first-order valence-corrected chi connectivity index (χ1v) is 6.31. The molecule has 0 spiro atoms. The number of methoxy groups -OCH3 is 2. The van der Waals surface area contributed by atoms with Gasteiger partial charge in [0.25, 0.3) is 0 Å². The molecule has 114 valence electrons. The molecule has 22 heavy (non-hydrogen) atoms. The largest absolute Gasteiger partial charge is 0.493 e. The summed E-state index contributed by atoms with van der Waals surface area (Å²) in [5, 5.41) is 18.5. The minimum absolute atomic E-state index is 0.262. The molecule has 6 nitrogen and oxygen atoms in total. The number of carbonyl (C=O) groups is 2. The SMILES string of the molecule is COc1ccc(-c2cccc(C(=O)O)c2C(=O)O)cc1OC. The van der Waals surface area contributed by atoms with E-state index in [2.05, 4.69) is 0 Å². The van der Waals surface area contributed by atoms with Crippen LogP contribution in [-0.4, -0.2) is 36.4 Å². The van der Waals surface area contributed by atoms with Crippen molar-refractivity contribution in [2.45, 2.75) is 0 Å². The van der Waals surface area contributed by atoms with E-state index in [1.807, 2.05) is 0 Å². The molecule has 2 N–H and O–H groups in total. The van der Waals surface area contributed by atoms with Gasteiger partial charge in [-0.1, -0.05) is 18.2 Å². The predicted molar refractivity (Wildman–Crippen MR) is 78.9 cm³/mol. The second-order valence-electron chi connectivity index (χ2n) is 4.41. The van der Waals surface area contributed by atoms with Crippen LogP contribution in [-0.2, 0) is 0 Å². The van der Waals surface area contributed by atoms with Crippen LogP contribution in [0.4, 0.5) is 0 Å². The van der Waals surface area contributed by atoms with Crippen molar-refractivity contribution in [2.75, 3.05) is 14.2 Å². The lowest BCUT2D eigenvalue weighted by Gasteiger charge is -2.12. The summed E-state index contributed by atoms with van der Waals surface area (Å²) in [6.07, 6.45) is 0. The maximum atomic E-state index is 11.5. The third-order valence-electron chi connectivity index (χ3n) is 3.20. The minimum Gasteiger partial charge on any atom is -0.493 e. The van der Waals surface area contributed by atoms with Crippen LogP contribution in [0.2, 0.25) is 0 Å². The summed E-state index contributed by atoms with van der Waals surface area (Å²) in [5.41, 5.74) is 0.300. The zero-order valence-electron chi connectivity index (χ0n) is 12.0. The molecule has 0 bridgehead atoms. The topological polar surface area (TPSA) is 93.1 Å². The van der Waals surface area contributed by atoms with E-state index in [4.69, 9.17) is 14.6 Å². The first-order valence-electron chi connectivity index (χ1n) is 6.31. The van der Waals surface area contributed by atoms with Crippen molar-refractivity contribution >= 4 is 11.9 Å². The molecule has 0 atom stereocenters. The van der Waals surface area contributed by atoms with Crippen molar-refractivity contribution in [3.05, 3.63) is 47.5 Å². The number of hydrogen-bond acceptors (Lipinski definition) is 4. The van der Waals surface area contributed by atoms with E-state index in [0.717, 1.165) is 0 Å². The average Bonchev–Trinajstić information content (AvgIpc) is 2.53. The van der Waals surface area contributed by atoms with Gasteiger partial charge in [-0.25, -0.2) is 9.59 Å². The molecule has 0 heterocycles. The Morgan fingerprint density at radius 1 is 0.909 bits per heavy atom. The maximum Gasteiger partial charge on any atom is 0.337 e. The van der Waals surface area contributed by atoms with Crippen molar-refractivity contribution in [1.82, 2.24) is 0 Å². The number of carboxylic acid groups (broad SMARTS) is 2. The van der Waals surface area contributed by atoms with Crippen LogP contribution < -0.4 is 9.47 Å². The number of aromatic carboxylic acids is 2. The standard InChI is InChI=1S/C16H14O6/c1-21-12-7-6-9(8-13(12)22-2)10-4-3-5-11(15(17)18)14(10)16(19)20/h3-8H,1-2H3,(H,17,18)(H,19,20). The number of hydrogen-bond donors (Lipinski definition) is 2. The Labute approximate surface area is 126 Å². The molecule has 0 saturated carbocycles. The molecule has 0 aliphatic heterocycles. The first kappa shape index (κ1) is 15.4. The molecule has 0 fully saturated rings. The van der Waals surface area contributed by atoms with Gasteiger partial charge in [0.15, 0.2) is 11.5 Å². The van der Waals surface area contributed by atoms with Gasteiger partial charge >= 0.3 is 11.9 Å². The first-order chi connectivity index (χ1) is 10.5. The molecular formula is C16H14O6. The fourth-order valence-corrected chi connectivity index (χ4v) is 2.21. The monoisotopic (exact) mass is 302 g/mol. The zero-order valence-corrected chi connectivity index (χ0v) is 12.0. The smallest absolute Gasteiger partial charge is 0.337 e. The molecule has 0 aliphatic rings. The normalized spacial score (nSPS) is 10.1. The second kappa shape index (κ2) is 6.17. The lowest BCUT2D eigenvalue weighted by Crippen LogP contribution is -2.09. The molecule has 0 radical (unpaired) electrons. The number of benzene rings is 2. The van der Waals surface area contributed by atoms with Gasteiger partial charge in [0, 0.05) is 0 Å². The van der Waals surface area contributed by atoms with Gasteiger partial charge < -0.3 is 19.7 Å². The van der Waals surface area contributed by atoms with Crippen LogP contribution in [0.15, 0.2) is 36.4 Å². The maximum absolute atomic E-state index is 11.5. The van der Waals surface area contributed by atoms with E-state index >= 15 is 0 Å². The van der Waals surface area contributed by atoms with E-state index in [1.54, 1.807) is 24.3 Å². The molecule has 0 saturated heterocycles. The lowest BCUT2D eigenvalue weighted by molar-refractivity contribution is 0.0652. The van der Waals surface area contributed by atoms with Crippen molar-refractivity contribution < 1.29 is 29.3 Å². The van der Waals surface area contributed by atoms with Crippen LogP contribution >= 0.6 is 0 Å².